The first kappa shape index (κ1) is 12.2. The van der Waals surface area contributed by atoms with Crippen LogP contribution in [0.15, 0.2) is 18.2 Å². The molecule has 2 heteroatoms. The molecule has 1 atom stereocenters. The smallest absolute Gasteiger partial charge is 0.0243 e. The van der Waals surface area contributed by atoms with Crippen LogP contribution < -0.4 is 5.73 Å². The Balaban J connectivity index is 1.89. The summed E-state index contributed by atoms with van der Waals surface area (Å²) in [5.74, 6) is 0. The molecule has 2 aliphatic rings. The zero-order valence-corrected chi connectivity index (χ0v) is 11.7. The van der Waals surface area contributed by atoms with Gasteiger partial charge < -0.3 is 5.73 Å². The van der Waals surface area contributed by atoms with E-state index in [1.807, 2.05) is 0 Å². The van der Waals surface area contributed by atoms with Gasteiger partial charge in [-0.3, -0.25) is 4.90 Å². The van der Waals surface area contributed by atoms with Crippen LogP contribution in [-0.2, 0) is 18.5 Å². The van der Waals surface area contributed by atoms with Crippen LogP contribution in [-0.4, -0.2) is 17.0 Å². The highest BCUT2D eigenvalue weighted by atomic mass is 15.2. The van der Waals surface area contributed by atoms with E-state index in [0.29, 0.717) is 11.5 Å². The van der Waals surface area contributed by atoms with Crippen molar-refractivity contribution in [3.8, 4) is 0 Å². The van der Waals surface area contributed by atoms with E-state index in [2.05, 4.69) is 43.9 Å². The second kappa shape index (κ2) is 4.07. The van der Waals surface area contributed by atoms with Gasteiger partial charge in [0.15, 0.2) is 0 Å². The Morgan fingerprint density at radius 3 is 2.33 bits per heavy atom. The van der Waals surface area contributed by atoms with Gasteiger partial charge in [0, 0.05) is 30.6 Å². The molecule has 1 saturated carbocycles. The first-order valence-corrected chi connectivity index (χ1v) is 7.15. The van der Waals surface area contributed by atoms with Crippen molar-refractivity contribution in [1.82, 2.24) is 4.90 Å². The molecule has 1 aliphatic heterocycles. The van der Waals surface area contributed by atoms with Gasteiger partial charge >= 0.3 is 0 Å². The molecule has 1 aromatic carbocycles. The highest BCUT2D eigenvalue weighted by Crippen LogP contribution is 2.50. The van der Waals surface area contributed by atoms with Crippen LogP contribution in [0.5, 0.6) is 0 Å². The first-order valence-electron chi connectivity index (χ1n) is 7.15. The molecule has 1 unspecified atom stereocenters. The van der Waals surface area contributed by atoms with Gasteiger partial charge in [-0.25, -0.2) is 0 Å². The number of hydrogen-bond acceptors (Lipinski definition) is 2. The van der Waals surface area contributed by atoms with E-state index in [0.717, 1.165) is 13.1 Å². The van der Waals surface area contributed by atoms with Crippen molar-refractivity contribution in [1.29, 1.82) is 0 Å². The summed E-state index contributed by atoms with van der Waals surface area (Å²) in [7, 11) is 0. The van der Waals surface area contributed by atoms with Crippen LogP contribution in [0.4, 0.5) is 0 Å². The molecule has 1 aliphatic carbocycles. The zero-order valence-electron chi connectivity index (χ0n) is 11.7. The Kier molecular flexibility index (Phi) is 2.76. The van der Waals surface area contributed by atoms with Gasteiger partial charge in [-0.05, 0) is 50.3 Å². The van der Waals surface area contributed by atoms with Gasteiger partial charge in [-0.15, -0.1) is 0 Å². The van der Waals surface area contributed by atoms with E-state index in [-0.39, 0.29) is 6.04 Å². The molecule has 3 rings (SSSR count). The van der Waals surface area contributed by atoms with E-state index in [1.54, 1.807) is 0 Å². The molecule has 1 fully saturated rings. The van der Waals surface area contributed by atoms with Gasteiger partial charge in [0.25, 0.3) is 0 Å². The fraction of sp³-hybridized carbons (Fsp3) is 0.625. The number of hydrogen-bond donors (Lipinski definition) is 1. The maximum atomic E-state index is 6.18. The topological polar surface area (TPSA) is 29.3 Å². The lowest BCUT2D eigenvalue weighted by atomic mass is 9.88. The van der Waals surface area contributed by atoms with Gasteiger partial charge in [0.05, 0.1) is 0 Å². The van der Waals surface area contributed by atoms with Crippen molar-refractivity contribution in [3.05, 3.63) is 34.9 Å². The summed E-state index contributed by atoms with van der Waals surface area (Å²) in [5, 5.41) is 0. The number of fused-ring (bicyclic) bond motifs is 1. The normalized spacial score (nSPS) is 23.2. The van der Waals surface area contributed by atoms with Crippen molar-refractivity contribution in [2.45, 2.75) is 64.2 Å². The zero-order chi connectivity index (χ0) is 12.9. The summed E-state index contributed by atoms with van der Waals surface area (Å²) in [6.45, 7) is 8.92. The minimum Gasteiger partial charge on any atom is -0.327 e. The number of nitrogens with two attached hydrogens (primary N) is 1. The Hall–Kier alpha value is -0.860. The first-order chi connectivity index (χ1) is 8.53. The molecule has 0 bridgehead atoms. The molecule has 2 nitrogen and oxygen atoms in total. The summed E-state index contributed by atoms with van der Waals surface area (Å²) in [6, 6.07) is 7.98. The van der Waals surface area contributed by atoms with Crippen LogP contribution in [0.25, 0.3) is 0 Å². The van der Waals surface area contributed by atoms with Crippen LogP contribution in [0, 0.1) is 0 Å². The molecular formula is C16H24N2. The van der Waals surface area contributed by atoms with Gasteiger partial charge in [-0.1, -0.05) is 18.2 Å². The lowest BCUT2D eigenvalue weighted by molar-refractivity contribution is 0.227. The fourth-order valence-electron chi connectivity index (χ4n) is 3.24. The summed E-state index contributed by atoms with van der Waals surface area (Å²) >= 11 is 0. The quantitative estimate of drug-likeness (QED) is 0.886. The Morgan fingerprint density at radius 2 is 1.78 bits per heavy atom. The molecular weight excluding hydrogens is 220 g/mol. The Morgan fingerprint density at radius 1 is 1.11 bits per heavy atom. The minimum absolute atomic E-state index is 0.276. The third-order valence-electron chi connectivity index (χ3n) is 4.92. The Bertz CT molecular complexity index is 458. The Labute approximate surface area is 110 Å². The monoisotopic (exact) mass is 244 g/mol. The molecule has 0 aromatic heterocycles. The van der Waals surface area contributed by atoms with Crippen molar-refractivity contribution < 1.29 is 0 Å². The van der Waals surface area contributed by atoms with E-state index in [1.165, 1.54) is 29.5 Å². The summed E-state index contributed by atoms with van der Waals surface area (Å²) < 4.78 is 0. The summed E-state index contributed by atoms with van der Waals surface area (Å²) in [4.78, 5) is 2.53. The van der Waals surface area contributed by atoms with E-state index in [4.69, 9.17) is 5.73 Å². The molecule has 18 heavy (non-hydrogen) atoms. The predicted molar refractivity (Wildman–Crippen MR) is 75.4 cm³/mol. The summed E-state index contributed by atoms with van der Waals surface area (Å²) in [5.41, 5.74) is 11.0. The van der Waals surface area contributed by atoms with Crippen LogP contribution in [0.2, 0.25) is 0 Å². The fourth-order valence-corrected chi connectivity index (χ4v) is 3.24. The highest BCUT2D eigenvalue weighted by Gasteiger charge is 2.47. The van der Waals surface area contributed by atoms with Crippen LogP contribution >= 0.6 is 0 Å². The summed E-state index contributed by atoms with van der Waals surface area (Å²) in [6.07, 6.45) is 2.52. The molecule has 2 N–H and O–H groups in total. The lowest BCUT2D eigenvalue weighted by Crippen LogP contribution is -2.31. The lowest BCUT2D eigenvalue weighted by Gasteiger charge is -2.21. The molecule has 0 amide bonds. The second-order valence-corrected chi connectivity index (χ2v) is 6.43. The molecule has 0 radical (unpaired) electrons. The van der Waals surface area contributed by atoms with E-state index >= 15 is 0 Å². The molecule has 0 saturated heterocycles. The molecule has 0 spiro atoms. The standard InChI is InChI=1S/C16H24N2/c1-11(2)18-9-13-4-5-15(8-14(13)10-18)16(6-7-16)12(3)17/h4-5,8,11-12H,6-7,9-10,17H2,1-3H3. The van der Waals surface area contributed by atoms with Crippen molar-refractivity contribution in [2.24, 2.45) is 5.73 Å². The second-order valence-electron chi connectivity index (χ2n) is 6.43. The third-order valence-corrected chi connectivity index (χ3v) is 4.92. The van der Waals surface area contributed by atoms with Gasteiger partial charge in [0.2, 0.25) is 0 Å². The maximum Gasteiger partial charge on any atom is 0.0243 e. The van der Waals surface area contributed by atoms with Crippen molar-refractivity contribution >= 4 is 0 Å². The van der Waals surface area contributed by atoms with Gasteiger partial charge in [-0.2, -0.15) is 0 Å². The number of benzene rings is 1. The third kappa shape index (κ3) is 1.79. The number of rotatable bonds is 3. The van der Waals surface area contributed by atoms with Crippen molar-refractivity contribution in [2.75, 3.05) is 0 Å². The van der Waals surface area contributed by atoms with Gasteiger partial charge in [0.1, 0.15) is 0 Å². The molecule has 1 aromatic rings. The molecule has 1 heterocycles. The number of nitrogens with zero attached hydrogens (tertiary/aromatic N) is 1. The average molecular weight is 244 g/mol. The van der Waals surface area contributed by atoms with Crippen molar-refractivity contribution in [3.63, 3.8) is 0 Å². The maximum absolute atomic E-state index is 6.18. The van der Waals surface area contributed by atoms with E-state index in [9.17, 15) is 0 Å². The molecule has 98 valence electrons. The largest absolute Gasteiger partial charge is 0.327 e. The van der Waals surface area contributed by atoms with Crippen LogP contribution in [0.3, 0.4) is 0 Å². The van der Waals surface area contributed by atoms with Crippen LogP contribution in [0.1, 0.15) is 50.3 Å². The van der Waals surface area contributed by atoms with E-state index < -0.39 is 0 Å². The SMILES string of the molecule is CC(C)N1Cc2ccc(C3(C(C)N)CC3)cc2C1. The minimum atomic E-state index is 0.276. The predicted octanol–water partition coefficient (Wildman–Crippen LogP) is 2.79. The average Bonchev–Trinajstić information content (AvgIpc) is 3.02. The highest BCUT2D eigenvalue weighted by molar-refractivity contribution is 5.41.